The topological polar surface area (TPSA) is 62.7 Å². The molecular formula is C20H19N3O3S2. The molecule has 4 rings (SSSR count). The van der Waals surface area contributed by atoms with Crippen molar-refractivity contribution in [3.63, 3.8) is 0 Å². The number of piperazine rings is 1. The van der Waals surface area contributed by atoms with Crippen LogP contribution in [0, 0.1) is 0 Å². The molecule has 28 heavy (non-hydrogen) atoms. The second-order valence-corrected chi connectivity index (χ2v) is 8.30. The Bertz CT molecular complexity index is 959. The molecule has 0 N–H and O–H groups in total. The van der Waals surface area contributed by atoms with Crippen molar-refractivity contribution in [3.8, 4) is 15.6 Å². The van der Waals surface area contributed by atoms with Crippen LogP contribution in [0.25, 0.3) is 9.88 Å². The van der Waals surface area contributed by atoms with Crippen molar-refractivity contribution in [2.24, 2.45) is 0 Å². The van der Waals surface area contributed by atoms with Crippen molar-refractivity contribution in [1.82, 2.24) is 14.8 Å². The number of carbonyl (C=O) groups is 2. The molecule has 2 amide bonds. The van der Waals surface area contributed by atoms with Gasteiger partial charge in [-0.25, -0.2) is 4.98 Å². The van der Waals surface area contributed by atoms with Gasteiger partial charge in [0.15, 0.2) is 0 Å². The molecule has 1 aliphatic heterocycles. The first-order valence-corrected chi connectivity index (χ1v) is 10.6. The van der Waals surface area contributed by atoms with Gasteiger partial charge in [0.25, 0.3) is 11.8 Å². The lowest BCUT2D eigenvalue weighted by atomic mass is 10.1. The molecular weight excluding hydrogens is 394 g/mol. The van der Waals surface area contributed by atoms with E-state index in [1.807, 2.05) is 17.5 Å². The quantitative estimate of drug-likeness (QED) is 0.657. The fourth-order valence-corrected chi connectivity index (χ4v) is 4.76. The number of hydrogen-bond acceptors (Lipinski definition) is 6. The van der Waals surface area contributed by atoms with Crippen LogP contribution in [-0.4, -0.2) is 59.9 Å². The summed E-state index contributed by atoms with van der Waals surface area (Å²) in [7, 11) is 1.60. The second-order valence-electron chi connectivity index (χ2n) is 6.32. The first-order chi connectivity index (χ1) is 13.7. The molecule has 1 aromatic carbocycles. The minimum Gasteiger partial charge on any atom is -0.497 e. The van der Waals surface area contributed by atoms with Crippen molar-refractivity contribution in [3.05, 3.63) is 58.4 Å². The largest absolute Gasteiger partial charge is 0.497 e. The Morgan fingerprint density at radius 2 is 1.68 bits per heavy atom. The van der Waals surface area contributed by atoms with Crippen molar-refractivity contribution in [1.29, 1.82) is 0 Å². The summed E-state index contributed by atoms with van der Waals surface area (Å²) in [6.45, 7) is 2.08. The molecule has 0 bridgehead atoms. The van der Waals surface area contributed by atoms with Crippen LogP contribution in [0.4, 0.5) is 0 Å². The summed E-state index contributed by atoms with van der Waals surface area (Å²) in [4.78, 5) is 35.1. The molecule has 0 radical (unpaired) electrons. The van der Waals surface area contributed by atoms with Crippen molar-refractivity contribution >= 4 is 34.5 Å². The maximum absolute atomic E-state index is 12.8. The van der Waals surface area contributed by atoms with E-state index in [-0.39, 0.29) is 11.8 Å². The Balaban J connectivity index is 1.37. The van der Waals surface area contributed by atoms with Crippen LogP contribution in [0.5, 0.6) is 5.75 Å². The van der Waals surface area contributed by atoms with Crippen molar-refractivity contribution < 1.29 is 14.3 Å². The first kappa shape index (κ1) is 18.6. The average Bonchev–Trinajstić information content (AvgIpc) is 3.45. The van der Waals surface area contributed by atoms with Crippen LogP contribution in [0.1, 0.15) is 20.0 Å². The lowest BCUT2D eigenvalue weighted by Crippen LogP contribution is -2.50. The Labute approximate surface area is 171 Å². The van der Waals surface area contributed by atoms with E-state index < -0.39 is 0 Å². The standard InChI is InChI=1S/C20H19N3O3S2/c1-26-15-6-4-14(5-7-15)19(24)22-8-10-23(11-9-22)20(25)17-13-21-18(28-17)16-3-2-12-27-16/h2-7,12-13H,8-11H2,1H3. The summed E-state index contributed by atoms with van der Waals surface area (Å²) in [6, 6.07) is 11.1. The fraction of sp³-hybridized carbons (Fsp3) is 0.250. The highest BCUT2D eigenvalue weighted by molar-refractivity contribution is 7.21. The third-order valence-electron chi connectivity index (χ3n) is 4.64. The maximum atomic E-state index is 12.8. The van der Waals surface area contributed by atoms with E-state index in [4.69, 9.17) is 4.74 Å². The van der Waals surface area contributed by atoms with E-state index in [1.165, 1.54) is 11.3 Å². The summed E-state index contributed by atoms with van der Waals surface area (Å²) < 4.78 is 5.13. The number of aromatic nitrogens is 1. The van der Waals surface area contributed by atoms with E-state index in [1.54, 1.807) is 58.7 Å². The predicted molar refractivity (Wildman–Crippen MR) is 110 cm³/mol. The molecule has 3 aromatic rings. The predicted octanol–water partition coefficient (Wildman–Crippen LogP) is 3.48. The first-order valence-electron chi connectivity index (χ1n) is 8.88. The molecule has 0 atom stereocenters. The second kappa shape index (κ2) is 8.12. The normalized spacial score (nSPS) is 14.2. The van der Waals surface area contributed by atoms with Crippen LogP contribution < -0.4 is 4.74 Å². The van der Waals surface area contributed by atoms with Crippen LogP contribution in [-0.2, 0) is 0 Å². The van der Waals surface area contributed by atoms with Crippen molar-refractivity contribution in [2.45, 2.75) is 0 Å². The SMILES string of the molecule is COc1ccc(C(=O)N2CCN(C(=O)c3cnc(-c4cccs4)s3)CC2)cc1. The number of hydrogen-bond donors (Lipinski definition) is 0. The van der Waals surface area contributed by atoms with Crippen molar-refractivity contribution in [2.75, 3.05) is 33.3 Å². The molecule has 1 aliphatic rings. The van der Waals surface area contributed by atoms with Gasteiger partial charge < -0.3 is 14.5 Å². The van der Waals surface area contributed by atoms with Gasteiger partial charge in [-0.1, -0.05) is 6.07 Å². The third kappa shape index (κ3) is 3.79. The number of thiazole rings is 1. The van der Waals surface area contributed by atoms with Gasteiger partial charge in [-0.3, -0.25) is 9.59 Å². The molecule has 8 heteroatoms. The van der Waals surface area contributed by atoms with Crippen LogP contribution >= 0.6 is 22.7 Å². The molecule has 0 spiro atoms. The van der Waals surface area contributed by atoms with Gasteiger partial charge in [-0.05, 0) is 35.7 Å². The number of ether oxygens (including phenoxy) is 1. The molecule has 1 fully saturated rings. The number of rotatable bonds is 4. The zero-order valence-corrected chi connectivity index (χ0v) is 17.0. The number of methoxy groups -OCH3 is 1. The van der Waals surface area contributed by atoms with Crippen LogP contribution in [0.15, 0.2) is 48.0 Å². The maximum Gasteiger partial charge on any atom is 0.265 e. The Morgan fingerprint density at radius 3 is 2.29 bits per heavy atom. The Kier molecular flexibility index (Phi) is 5.40. The number of amides is 2. The van der Waals surface area contributed by atoms with Gasteiger partial charge >= 0.3 is 0 Å². The zero-order valence-electron chi connectivity index (χ0n) is 15.3. The highest BCUT2D eigenvalue weighted by Gasteiger charge is 2.26. The lowest BCUT2D eigenvalue weighted by molar-refractivity contribution is 0.0538. The van der Waals surface area contributed by atoms with Crippen LogP contribution in [0.3, 0.4) is 0 Å². The molecule has 0 unspecified atom stereocenters. The Morgan fingerprint density at radius 1 is 1.00 bits per heavy atom. The molecule has 1 saturated heterocycles. The lowest BCUT2D eigenvalue weighted by Gasteiger charge is -2.34. The molecule has 2 aromatic heterocycles. The molecule has 144 valence electrons. The molecule has 3 heterocycles. The number of nitrogens with zero attached hydrogens (tertiary/aromatic N) is 3. The summed E-state index contributed by atoms with van der Waals surface area (Å²) in [5.41, 5.74) is 0.628. The Hall–Kier alpha value is -2.71. The summed E-state index contributed by atoms with van der Waals surface area (Å²) >= 11 is 3.03. The molecule has 6 nitrogen and oxygen atoms in total. The van der Waals surface area contributed by atoms with E-state index in [2.05, 4.69) is 4.98 Å². The van der Waals surface area contributed by atoms with E-state index in [9.17, 15) is 9.59 Å². The van der Waals surface area contributed by atoms with E-state index >= 15 is 0 Å². The highest BCUT2D eigenvalue weighted by Crippen LogP contribution is 2.29. The average molecular weight is 414 g/mol. The van der Waals surface area contributed by atoms with Gasteiger partial charge in [0, 0.05) is 31.7 Å². The summed E-state index contributed by atoms with van der Waals surface area (Å²) in [6.07, 6.45) is 1.65. The number of carbonyl (C=O) groups excluding carboxylic acids is 2. The monoisotopic (exact) mass is 413 g/mol. The minimum atomic E-state index is -0.0208. The summed E-state index contributed by atoms with van der Waals surface area (Å²) in [5, 5.41) is 2.86. The van der Waals surface area contributed by atoms with Gasteiger partial charge in [0.05, 0.1) is 18.2 Å². The fourth-order valence-electron chi connectivity index (χ4n) is 3.07. The van der Waals surface area contributed by atoms with Gasteiger partial charge in [-0.15, -0.1) is 22.7 Å². The zero-order chi connectivity index (χ0) is 19.5. The number of thiophene rings is 1. The van der Waals surface area contributed by atoms with Crippen LogP contribution in [0.2, 0.25) is 0 Å². The number of benzene rings is 1. The van der Waals surface area contributed by atoms with E-state index in [0.717, 1.165) is 15.6 Å². The molecule has 0 saturated carbocycles. The third-order valence-corrected chi connectivity index (χ3v) is 6.66. The minimum absolute atomic E-state index is 0.0168. The van der Waals surface area contributed by atoms with Gasteiger partial charge in [-0.2, -0.15) is 0 Å². The highest BCUT2D eigenvalue weighted by atomic mass is 32.1. The van der Waals surface area contributed by atoms with Gasteiger partial charge in [0.1, 0.15) is 15.6 Å². The van der Waals surface area contributed by atoms with Gasteiger partial charge in [0.2, 0.25) is 0 Å². The smallest absolute Gasteiger partial charge is 0.265 e. The van der Waals surface area contributed by atoms with E-state index in [0.29, 0.717) is 36.6 Å². The molecule has 0 aliphatic carbocycles. The summed E-state index contributed by atoms with van der Waals surface area (Å²) in [5.74, 6) is 0.683.